The Morgan fingerprint density at radius 3 is 2.80 bits per heavy atom. The van der Waals surface area contributed by atoms with E-state index in [9.17, 15) is 4.79 Å². The minimum atomic E-state index is -0.0848. The predicted octanol–water partition coefficient (Wildman–Crippen LogP) is 3.97. The van der Waals surface area contributed by atoms with E-state index < -0.39 is 0 Å². The average molecular weight is 288 g/mol. The summed E-state index contributed by atoms with van der Waals surface area (Å²) < 4.78 is 0. The maximum Gasteiger partial charge on any atom is 0.176 e. The molecule has 1 aromatic rings. The third kappa shape index (κ3) is 1.85. The number of alkyl halides is 1. The monoisotopic (exact) mass is 286 g/mol. The second kappa shape index (κ2) is 3.60. The largest absolute Gasteiger partial charge is 0.293 e. The molecule has 2 rings (SSSR count). The summed E-state index contributed by atoms with van der Waals surface area (Å²) in [5.41, 5.74) is 1.90. The van der Waals surface area contributed by atoms with Crippen LogP contribution in [0.5, 0.6) is 0 Å². The van der Waals surface area contributed by atoms with E-state index in [-0.39, 0.29) is 16.0 Å². The number of halogens is 2. The van der Waals surface area contributed by atoms with Crippen molar-refractivity contribution in [3.63, 3.8) is 0 Å². The van der Waals surface area contributed by atoms with E-state index in [1.807, 2.05) is 12.1 Å². The van der Waals surface area contributed by atoms with Gasteiger partial charge in [-0.1, -0.05) is 47.4 Å². The van der Waals surface area contributed by atoms with Gasteiger partial charge in [0.15, 0.2) is 5.78 Å². The molecule has 1 aliphatic carbocycles. The molecule has 0 radical (unpaired) electrons. The average Bonchev–Trinajstić information content (AvgIpc) is 2.13. The van der Waals surface area contributed by atoms with Gasteiger partial charge < -0.3 is 0 Å². The number of hydrogen-bond donors (Lipinski definition) is 0. The Labute approximate surface area is 103 Å². The van der Waals surface area contributed by atoms with Gasteiger partial charge in [-0.05, 0) is 29.5 Å². The van der Waals surface area contributed by atoms with Gasteiger partial charge in [0.05, 0.1) is 4.83 Å². The zero-order chi connectivity index (χ0) is 11.2. The molecule has 3 heteroatoms. The van der Waals surface area contributed by atoms with Crippen molar-refractivity contribution < 1.29 is 4.79 Å². The van der Waals surface area contributed by atoms with Crippen molar-refractivity contribution in [3.8, 4) is 0 Å². The second-order valence-corrected chi connectivity index (χ2v) is 6.15. The number of hydrogen-bond acceptors (Lipinski definition) is 1. The number of carbonyl (C=O) groups is 1. The summed E-state index contributed by atoms with van der Waals surface area (Å²) in [4.78, 5) is 11.9. The molecule has 0 spiro atoms. The Kier molecular flexibility index (Phi) is 2.68. The van der Waals surface area contributed by atoms with E-state index in [0.717, 1.165) is 17.5 Å². The van der Waals surface area contributed by atoms with E-state index in [1.54, 1.807) is 6.07 Å². The lowest BCUT2D eigenvalue weighted by Crippen LogP contribution is -2.34. The molecule has 0 amide bonds. The van der Waals surface area contributed by atoms with Crippen molar-refractivity contribution in [2.75, 3.05) is 0 Å². The molecule has 0 N–H and O–H groups in total. The van der Waals surface area contributed by atoms with Gasteiger partial charge in [-0.3, -0.25) is 4.79 Å². The highest BCUT2D eigenvalue weighted by Gasteiger charge is 2.36. The molecular weight excluding hydrogens is 275 g/mol. The molecule has 1 aliphatic rings. The lowest BCUT2D eigenvalue weighted by Gasteiger charge is -2.34. The van der Waals surface area contributed by atoms with Crippen LogP contribution in [0.25, 0.3) is 0 Å². The lowest BCUT2D eigenvalue weighted by atomic mass is 9.72. The van der Waals surface area contributed by atoms with Crippen LogP contribution < -0.4 is 0 Å². The van der Waals surface area contributed by atoms with Crippen molar-refractivity contribution >= 4 is 33.3 Å². The van der Waals surface area contributed by atoms with Crippen LogP contribution in [0.1, 0.15) is 36.2 Å². The van der Waals surface area contributed by atoms with Gasteiger partial charge in [0, 0.05) is 10.6 Å². The minimum absolute atomic E-state index is 0.0298. The number of Topliss-reactive ketones (excluding diaryl/α,β-unsaturated/α-hetero) is 1. The fourth-order valence-corrected chi connectivity index (χ4v) is 3.36. The van der Waals surface area contributed by atoms with Gasteiger partial charge in [-0.2, -0.15) is 0 Å². The van der Waals surface area contributed by atoms with Gasteiger partial charge in [0.2, 0.25) is 0 Å². The third-order valence-corrected chi connectivity index (χ3v) is 3.92. The number of carbonyl (C=O) groups excluding carboxylic acids is 1. The van der Waals surface area contributed by atoms with Crippen LogP contribution in [0.15, 0.2) is 18.2 Å². The van der Waals surface area contributed by atoms with Gasteiger partial charge >= 0.3 is 0 Å². The quantitative estimate of drug-likeness (QED) is 0.660. The summed E-state index contributed by atoms with van der Waals surface area (Å²) in [5, 5.41) is 0.625. The molecular formula is C12H12BrClO. The lowest BCUT2D eigenvalue weighted by molar-refractivity contribution is 0.0967. The minimum Gasteiger partial charge on any atom is -0.293 e. The van der Waals surface area contributed by atoms with Gasteiger partial charge in [0.1, 0.15) is 0 Å². The van der Waals surface area contributed by atoms with Crippen LogP contribution in [-0.2, 0) is 5.41 Å². The SMILES string of the molecule is CC1(C)CC(Br)C(=O)c2cc(Cl)ccc21. The Morgan fingerprint density at radius 1 is 1.47 bits per heavy atom. The first kappa shape index (κ1) is 11.2. The number of benzene rings is 1. The maximum atomic E-state index is 12.0. The summed E-state index contributed by atoms with van der Waals surface area (Å²) >= 11 is 9.35. The molecule has 0 saturated carbocycles. The predicted molar refractivity (Wildman–Crippen MR) is 66.1 cm³/mol. The van der Waals surface area contributed by atoms with Crippen LogP contribution in [0, 0.1) is 0 Å². The molecule has 80 valence electrons. The first-order valence-electron chi connectivity index (χ1n) is 4.90. The Bertz CT molecular complexity index is 426. The number of fused-ring (bicyclic) bond motifs is 1. The van der Waals surface area contributed by atoms with E-state index in [4.69, 9.17) is 11.6 Å². The molecule has 0 heterocycles. The third-order valence-electron chi connectivity index (χ3n) is 2.95. The molecule has 1 atom stereocenters. The first-order chi connectivity index (χ1) is 6.92. The molecule has 0 saturated heterocycles. The van der Waals surface area contributed by atoms with Crippen molar-refractivity contribution in [2.24, 2.45) is 0 Å². The van der Waals surface area contributed by atoms with Crippen molar-refractivity contribution in [1.29, 1.82) is 0 Å². The Balaban J connectivity index is 2.64. The smallest absolute Gasteiger partial charge is 0.176 e. The number of ketones is 1. The van der Waals surface area contributed by atoms with Crippen molar-refractivity contribution in [3.05, 3.63) is 34.3 Å². The molecule has 0 aromatic heterocycles. The highest BCUT2D eigenvalue weighted by molar-refractivity contribution is 9.10. The van der Waals surface area contributed by atoms with Crippen LogP contribution in [0.4, 0.5) is 0 Å². The molecule has 0 bridgehead atoms. The summed E-state index contributed by atoms with van der Waals surface area (Å²) in [5.74, 6) is 0.145. The molecule has 0 aliphatic heterocycles. The molecule has 0 fully saturated rings. The Hall–Kier alpha value is -0.340. The summed E-state index contributed by atoms with van der Waals surface area (Å²) in [6, 6.07) is 5.59. The van der Waals surface area contributed by atoms with E-state index >= 15 is 0 Å². The maximum absolute atomic E-state index is 12.0. The standard InChI is InChI=1S/C12H12BrClO/c1-12(2)6-10(13)11(15)8-5-7(14)3-4-9(8)12/h3-5,10H,6H2,1-2H3. The molecule has 1 aromatic carbocycles. The van der Waals surface area contributed by atoms with Gasteiger partial charge in [-0.15, -0.1) is 0 Å². The van der Waals surface area contributed by atoms with Crippen LogP contribution >= 0.6 is 27.5 Å². The van der Waals surface area contributed by atoms with Crippen LogP contribution in [0.3, 0.4) is 0 Å². The first-order valence-corrected chi connectivity index (χ1v) is 6.19. The highest BCUT2D eigenvalue weighted by atomic mass is 79.9. The zero-order valence-corrected chi connectivity index (χ0v) is 11.0. The summed E-state index contributed by atoms with van der Waals surface area (Å²) in [6.45, 7) is 4.31. The van der Waals surface area contributed by atoms with E-state index in [1.165, 1.54) is 0 Å². The zero-order valence-electron chi connectivity index (χ0n) is 8.68. The summed E-state index contributed by atoms with van der Waals surface area (Å²) in [6.07, 6.45) is 0.834. The van der Waals surface area contributed by atoms with Crippen LogP contribution in [0.2, 0.25) is 5.02 Å². The fraction of sp³-hybridized carbons (Fsp3) is 0.417. The molecule has 15 heavy (non-hydrogen) atoms. The van der Waals surface area contributed by atoms with E-state index in [0.29, 0.717) is 5.02 Å². The van der Waals surface area contributed by atoms with Gasteiger partial charge in [-0.25, -0.2) is 0 Å². The molecule has 1 unspecified atom stereocenters. The van der Waals surface area contributed by atoms with E-state index in [2.05, 4.69) is 29.8 Å². The second-order valence-electron chi connectivity index (χ2n) is 4.61. The van der Waals surface area contributed by atoms with Crippen LogP contribution in [-0.4, -0.2) is 10.6 Å². The summed E-state index contributed by atoms with van der Waals surface area (Å²) in [7, 11) is 0. The highest BCUT2D eigenvalue weighted by Crippen LogP contribution is 2.40. The van der Waals surface area contributed by atoms with Crippen molar-refractivity contribution in [2.45, 2.75) is 30.5 Å². The van der Waals surface area contributed by atoms with Gasteiger partial charge in [0.25, 0.3) is 0 Å². The topological polar surface area (TPSA) is 17.1 Å². The number of rotatable bonds is 0. The normalized spacial score (nSPS) is 23.7. The van der Waals surface area contributed by atoms with Crippen molar-refractivity contribution in [1.82, 2.24) is 0 Å². The molecule has 1 nitrogen and oxygen atoms in total. The fourth-order valence-electron chi connectivity index (χ4n) is 2.13. The Morgan fingerprint density at radius 2 is 2.13 bits per heavy atom.